The van der Waals surface area contributed by atoms with Gasteiger partial charge >= 0.3 is 0 Å². The standard InChI is InChI=1S/C19H26N4O2.ClH/c24-19(18-16-14-20-11-8-17(16)22-23-18)21-10-4-5-12-25-13-9-15-6-2-1-3-7-15;/h1-3,6-7,20H,4-5,8-14H2,(H,21,24)(H,22,23);1H. The zero-order valence-corrected chi connectivity index (χ0v) is 15.7. The number of halogens is 1. The van der Waals surface area contributed by atoms with Gasteiger partial charge in [-0.05, 0) is 24.8 Å². The number of rotatable bonds is 9. The normalized spacial score (nSPS) is 12.9. The quantitative estimate of drug-likeness (QED) is 0.585. The van der Waals surface area contributed by atoms with E-state index in [-0.39, 0.29) is 18.3 Å². The predicted molar refractivity (Wildman–Crippen MR) is 104 cm³/mol. The zero-order valence-electron chi connectivity index (χ0n) is 14.9. The second-order valence-electron chi connectivity index (χ2n) is 6.27. The van der Waals surface area contributed by atoms with Gasteiger partial charge in [0.2, 0.25) is 0 Å². The highest BCUT2D eigenvalue weighted by atomic mass is 35.5. The summed E-state index contributed by atoms with van der Waals surface area (Å²) in [5.74, 6) is -0.0915. The fourth-order valence-electron chi connectivity index (χ4n) is 2.96. The summed E-state index contributed by atoms with van der Waals surface area (Å²) in [6, 6.07) is 10.3. The number of nitrogens with zero attached hydrogens (tertiary/aromatic N) is 1. The number of H-pyrrole nitrogens is 1. The van der Waals surface area contributed by atoms with Crippen molar-refractivity contribution in [1.82, 2.24) is 20.8 Å². The molecule has 0 atom stereocenters. The van der Waals surface area contributed by atoms with E-state index in [4.69, 9.17) is 4.74 Å². The van der Waals surface area contributed by atoms with Crippen molar-refractivity contribution in [2.75, 3.05) is 26.3 Å². The van der Waals surface area contributed by atoms with E-state index >= 15 is 0 Å². The van der Waals surface area contributed by atoms with Crippen molar-refractivity contribution >= 4 is 18.3 Å². The summed E-state index contributed by atoms with van der Waals surface area (Å²) in [5.41, 5.74) is 3.91. The van der Waals surface area contributed by atoms with Crippen molar-refractivity contribution in [2.45, 2.75) is 32.2 Å². The Morgan fingerprint density at radius 3 is 2.88 bits per heavy atom. The lowest BCUT2D eigenvalue weighted by molar-refractivity contribution is 0.0942. The number of carbonyl (C=O) groups excluding carboxylic acids is 1. The number of unbranched alkanes of at least 4 members (excludes halogenated alkanes) is 1. The Kier molecular flexibility index (Phi) is 8.61. The van der Waals surface area contributed by atoms with Gasteiger partial charge in [0.1, 0.15) is 0 Å². The maximum Gasteiger partial charge on any atom is 0.272 e. The van der Waals surface area contributed by atoms with Crippen molar-refractivity contribution in [3.8, 4) is 0 Å². The number of benzene rings is 1. The van der Waals surface area contributed by atoms with Crippen LogP contribution in [0.5, 0.6) is 0 Å². The van der Waals surface area contributed by atoms with Gasteiger partial charge in [0.15, 0.2) is 5.69 Å². The number of nitrogens with one attached hydrogen (secondary N) is 3. The molecular formula is C19H27ClN4O2. The first-order valence-corrected chi connectivity index (χ1v) is 9.01. The van der Waals surface area contributed by atoms with E-state index in [1.807, 2.05) is 18.2 Å². The minimum Gasteiger partial charge on any atom is -0.381 e. The van der Waals surface area contributed by atoms with Crippen LogP contribution < -0.4 is 10.6 Å². The summed E-state index contributed by atoms with van der Waals surface area (Å²) in [7, 11) is 0. The van der Waals surface area contributed by atoms with Crippen molar-refractivity contribution in [3.05, 3.63) is 52.8 Å². The first kappa shape index (κ1) is 20.4. The summed E-state index contributed by atoms with van der Waals surface area (Å²) in [4.78, 5) is 12.2. The summed E-state index contributed by atoms with van der Waals surface area (Å²) in [5, 5.41) is 13.4. The van der Waals surface area contributed by atoms with Crippen molar-refractivity contribution in [2.24, 2.45) is 0 Å². The first-order valence-electron chi connectivity index (χ1n) is 9.01. The van der Waals surface area contributed by atoms with Crippen LogP contribution in [-0.2, 0) is 24.1 Å². The van der Waals surface area contributed by atoms with Crippen LogP contribution in [0.1, 0.15) is 40.2 Å². The third-order valence-electron chi connectivity index (χ3n) is 4.40. The number of ether oxygens (including phenoxy) is 1. The van der Waals surface area contributed by atoms with Crippen molar-refractivity contribution < 1.29 is 9.53 Å². The number of hydrogen-bond donors (Lipinski definition) is 3. The molecule has 0 bridgehead atoms. The number of fused-ring (bicyclic) bond motifs is 1. The second kappa shape index (κ2) is 11.0. The van der Waals surface area contributed by atoms with E-state index in [0.29, 0.717) is 18.8 Å². The van der Waals surface area contributed by atoms with Gasteiger partial charge in [-0.25, -0.2) is 0 Å². The van der Waals surface area contributed by atoms with Crippen LogP contribution in [0.15, 0.2) is 30.3 Å². The smallest absolute Gasteiger partial charge is 0.272 e. The summed E-state index contributed by atoms with van der Waals surface area (Å²) >= 11 is 0. The molecule has 1 aliphatic rings. The Balaban J connectivity index is 0.00000243. The molecule has 0 spiro atoms. The highest BCUT2D eigenvalue weighted by Crippen LogP contribution is 2.14. The average Bonchev–Trinajstić information content (AvgIpc) is 3.09. The predicted octanol–water partition coefficient (Wildman–Crippen LogP) is 2.25. The maximum absolute atomic E-state index is 12.2. The van der Waals surface area contributed by atoms with Gasteiger partial charge in [0, 0.05) is 43.9 Å². The molecule has 6 nitrogen and oxygen atoms in total. The number of hydrogen-bond acceptors (Lipinski definition) is 4. The molecule has 2 heterocycles. The van der Waals surface area contributed by atoms with E-state index in [1.54, 1.807) is 0 Å². The van der Waals surface area contributed by atoms with Crippen molar-refractivity contribution in [1.29, 1.82) is 0 Å². The molecule has 3 rings (SSSR count). The number of aromatic amines is 1. The van der Waals surface area contributed by atoms with Gasteiger partial charge in [-0.1, -0.05) is 30.3 Å². The molecule has 0 saturated heterocycles. The highest BCUT2D eigenvalue weighted by Gasteiger charge is 2.20. The van der Waals surface area contributed by atoms with Gasteiger partial charge < -0.3 is 15.4 Å². The molecule has 0 saturated carbocycles. The molecule has 0 unspecified atom stereocenters. The number of carbonyl (C=O) groups is 1. The Hall–Kier alpha value is -1.89. The van der Waals surface area contributed by atoms with Crippen LogP contribution in [0.25, 0.3) is 0 Å². The minimum absolute atomic E-state index is 0. The van der Waals surface area contributed by atoms with Gasteiger partial charge in [-0.15, -0.1) is 12.4 Å². The van der Waals surface area contributed by atoms with Crippen LogP contribution in [0.2, 0.25) is 0 Å². The molecule has 2 aromatic rings. The van der Waals surface area contributed by atoms with Gasteiger partial charge in [0.25, 0.3) is 5.91 Å². The molecule has 1 aliphatic heterocycles. The third-order valence-corrected chi connectivity index (χ3v) is 4.40. The topological polar surface area (TPSA) is 79.0 Å². The molecule has 1 aromatic carbocycles. The fraction of sp³-hybridized carbons (Fsp3) is 0.474. The SMILES string of the molecule is Cl.O=C(NCCCCOCCc1ccccc1)c1n[nH]c2c1CNCC2. The Morgan fingerprint density at radius 1 is 1.19 bits per heavy atom. The van der Waals surface area contributed by atoms with Crippen molar-refractivity contribution in [3.63, 3.8) is 0 Å². The molecule has 142 valence electrons. The molecule has 26 heavy (non-hydrogen) atoms. The molecule has 0 radical (unpaired) electrons. The van der Waals surface area contributed by atoms with Crippen LogP contribution in [0.4, 0.5) is 0 Å². The lowest BCUT2D eigenvalue weighted by Gasteiger charge is -2.12. The first-order chi connectivity index (χ1) is 12.3. The molecule has 0 aliphatic carbocycles. The largest absolute Gasteiger partial charge is 0.381 e. The van der Waals surface area contributed by atoms with Crippen LogP contribution >= 0.6 is 12.4 Å². The molecule has 0 fully saturated rings. The number of amides is 1. The van der Waals surface area contributed by atoms with E-state index in [1.165, 1.54) is 5.56 Å². The fourth-order valence-corrected chi connectivity index (χ4v) is 2.96. The third kappa shape index (κ3) is 5.83. The lowest BCUT2D eigenvalue weighted by Crippen LogP contribution is -2.29. The molecule has 3 N–H and O–H groups in total. The molecule has 1 aromatic heterocycles. The summed E-state index contributed by atoms with van der Waals surface area (Å²) < 4.78 is 5.65. The van der Waals surface area contributed by atoms with E-state index in [2.05, 4.69) is 33.0 Å². The monoisotopic (exact) mass is 378 g/mol. The van der Waals surface area contributed by atoms with Gasteiger partial charge in [0.05, 0.1) is 6.61 Å². The zero-order chi connectivity index (χ0) is 17.3. The van der Waals surface area contributed by atoms with E-state index < -0.39 is 0 Å². The van der Waals surface area contributed by atoms with Crippen LogP contribution in [0, 0.1) is 0 Å². The highest BCUT2D eigenvalue weighted by molar-refractivity contribution is 5.94. The maximum atomic E-state index is 12.2. The minimum atomic E-state index is -0.0915. The Labute approximate surface area is 160 Å². The van der Waals surface area contributed by atoms with Gasteiger partial charge in [-0.3, -0.25) is 9.89 Å². The Bertz CT molecular complexity index is 675. The van der Waals surface area contributed by atoms with Crippen LogP contribution in [-0.4, -0.2) is 42.4 Å². The van der Waals surface area contributed by atoms with E-state index in [9.17, 15) is 4.79 Å². The second-order valence-corrected chi connectivity index (χ2v) is 6.27. The molecular weight excluding hydrogens is 352 g/mol. The van der Waals surface area contributed by atoms with Gasteiger partial charge in [-0.2, -0.15) is 5.10 Å². The number of aromatic nitrogens is 2. The summed E-state index contributed by atoms with van der Waals surface area (Å²) in [6.07, 6.45) is 3.68. The average molecular weight is 379 g/mol. The Morgan fingerprint density at radius 2 is 2.04 bits per heavy atom. The molecule has 1 amide bonds. The lowest BCUT2D eigenvalue weighted by atomic mass is 10.1. The van der Waals surface area contributed by atoms with Crippen LogP contribution in [0.3, 0.4) is 0 Å². The summed E-state index contributed by atoms with van der Waals surface area (Å²) in [6.45, 7) is 3.76. The molecule has 7 heteroatoms. The van der Waals surface area contributed by atoms with E-state index in [0.717, 1.165) is 56.7 Å².